The third-order valence-corrected chi connectivity index (χ3v) is 6.25. The summed E-state index contributed by atoms with van der Waals surface area (Å²) in [5.41, 5.74) is 1.76. The molecule has 0 aliphatic carbocycles. The fraction of sp³-hybridized carbons (Fsp3) is 0.0455. The summed E-state index contributed by atoms with van der Waals surface area (Å²) in [6, 6.07) is 16.5. The van der Waals surface area contributed by atoms with Gasteiger partial charge in [0.2, 0.25) is 9.84 Å². The van der Waals surface area contributed by atoms with E-state index in [9.17, 15) is 22.7 Å². The zero-order chi connectivity index (χ0) is 20.3. The number of carboxylic acid groups (broad SMARTS) is 1. The number of carboxylic acids is 1. The van der Waals surface area contributed by atoms with E-state index in [1.54, 1.807) is 36.4 Å². The van der Waals surface area contributed by atoms with Crippen molar-refractivity contribution in [3.63, 3.8) is 0 Å². The summed E-state index contributed by atoms with van der Waals surface area (Å²) in [5, 5.41) is 9.21. The first-order valence-electron chi connectivity index (χ1n) is 8.41. The van der Waals surface area contributed by atoms with Gasteiger partial charge in [-0.3, -0.25) is 0 Å². The predicted octanol–water partition coefficient (Wildman–Crippen LogP) is 4.84. The summed E-state index contributed by atoms with van der Waals surface area (Å²) in [7, 11) is -3.84. The van der Waals surface area contributed by atoms with Gasteiger partial charge in [0.25, 0.3) is 0 Å². The summed E-state index contributed by atoms with van der Waals surface area (Å²) >= 11 is 0. The summed E-state index contributed by atoms with van der Waals surface area (Å²) in [6.07, 6.45) is 3.59. The van der Waals surface area contributed by atoms with E-state index in [0.29, 0.717) is 0 Å². The van der Waals surface area contributed by atoms with Crippen molar-refractivity contribution in [3.8, 4) is 0 Å². The van der Waals surface area contributed by atoms with Crippen molar-refractivity contribution in [2.75, 3.05) is 0 Å². The van der Waals surface area contributed by atoms with Crippen LogP contribution in [-0.2, 0) is 9.84 Å². The first-order valence-corrected chi connectivity index (χ1v) is 9.89. The Morgan fingerprint density at radius 2 is 1.43 bits per heavy atom. The van der Waals surface area contributed by atoms with Crippen molar-refractivity contribution in [2.45, 2.75) is 16.7 Å². The van der Waals surface area contributed by atoms with Gasteiger partial charge in [-0.15, -0.1) is 0 Å². The van der Waals surface area contributed by atoms with E-state index >= 15 is 0 Å². The van der Waals surface area contributed by atoms with Gasteiger partial charge in [0.1, 0.15) is 5.82 Å². The molecule has 28 heavy (non-hydrogen) atoms. The minimum Gasteiger partial charge on any atom is -0.478 e. The van der Waals surface area contributed by atoms with Gasteiger partial charge in [-0.2, -0.15) is 0 Å². The van der Waals surface area contributed by atoms with Crippen molar-refractivity contribution in [3.05, 3.63) is 94.8 Å². The largest absolute Gasteiger partial charge is 0.478 e. The fourth-order valence-electron chi connectivity index (χ4n) is 2.79. The average molecular weight is 396 g/mol. The number of hydrogen-bond donors (Lipinski definition) is 1. The third-order valence-electron chi connectivity index (χ3n) is 4.33. The minimum atomic E-state index is -3.84. The number of halogens is 1. The van der Waals surface area contributed by atoms with Gasteiger partial charge < -0.3 is 5.11 Å². The highest BCUT2D eigenvalue weighted by molar-refractivity contribution is 7.91. The second kappa shape index (κ2) is 7.78. The molecule has 0 aliphatic rings. The Labute approximate surface area is 162 Å². The van der Waals surface area contributed by atoms with Gasteiger partial charge in [-0.05, 0) is 60.0 Å². The van der Waals surface area contributed by atoms with E-state index in [0.717, 1.165) is 11.1 Å². The van der Waals surface area contributed by atoms with Crippen LogP contribution < -0.4 is 0 Å². The molecule has 0 aromatic heterocycles. The lowest BCUT2D eigenvalue weighted by molar-refractivity contribution is 0.0696. The quantitative estimate of drug-likeness (QED) is 0.627. The molecular formula is C22H17FO4S. The van der Waals surface area contributed by atoms with E-state index in [1.807, 2.05) is 0 Å². The molecule has 4 nitrogen and oxygen atoms in total. The Morgan fingerprint density at radius 1 is 0.893 bits per heavy atom. The highest BCUT2D eigenvalue weighted by atomic mass is 32.2. The van der Waals surface area contributed by atoms with Crippen LogP contribution in [0.3, 0.4) is 0 Å². The first kappa shape index (κ1) is 19.5. The second-order valence-corrected chi connectivity index (χ2v) is 8.11. The Morgan fingerprint density at radius 3 is 1.96 bits per heavy atom. The summed E-state index contributed by atoms with van der Waals surface area (Å²) < 4.78 is 38.7. The molecule has 0 saturated carbocycles. The van der Waals surface area contributed by atoms with Crippen LogP contribution in [0.15, 0.2) is 76.5 Å². The molecule has 3 rings (SSSR count). The topological polar surface area (TPSA) is 71.4 Å². The maximum absolute atomic E-state index is 12.9. The van der Waals surface area contributed by atoms with Gasteiger partial charge in [0, 0.05) is 0 Å². The molecule has 0 aliphatic heterocycles. The average Bonchev–Trinajstić information content (AvgIpc) is 2.67. The van der Waals surface area contributed by atoms with Crippen molar-refractivity contribution in [2.24, 2.45) is 0 Å². The molecule has 0 atom stereocenters. The van der Waals surface area contributed by atoms with Gasteiger partial charge in [0.15, 0.2) is 0 Å². The number of sulfone groups is 1. The monoisotopic (exact) mass is 396 g/mol. The molecule has 0 amide bonds. The van der Waals surface area contributed by atoms with E-state index in [4.69, 9.17) is 0 Å². The number of aromatic carboxylic acids is 1. The van der Waals surface area contributed by atoms with E-state index in [1.165, 1.54) is 49.4 Å². The lowest BCUT2D eigenvalue weighted by Gasteiger charge is -2.10. The van der Waals surface area contributed by atoms with Crippen molar-refractivity contribution >= 4 is 28.0 Å². The van der Waals surface area contributed by atoms with Crippen molar-refractivity contribution < 1.29 is 22.7 Å². The first-order chi connectivity index (χ1) is 13.3. The standard InChI is InChI=1S/C22H17FO4S/c1-15-20(22(24)25)3-2-4-21(15)28(26,27)19-13-9-17(10-14-19)6-5-16-7-11-18(23)12-8-16/h2-14H,1H3,(H,24,25)/b6-5+. The molecule has 0 bridgehead atoms. The highest BCUT2D eigenvalue weighted by Gasteiger charge is 2.22. The Kier molecular flexibility index (Phi) is 5.42. The molecule has 0 unspecified atom stereocenters. The number of hydrogen-bond acceptors (Lipinski definition) is 3. The normalized spacial score (nSPS) is 11.6. The number of carbonyl (C=O) groups is 1. The molecule has 0 spiro atoms. The van der Waals surface area contributed by atoms with Crippen LogP contribution in [0.4, 0.5) is 4.39 Å². The van der Waals surface area contributed by atoms with E-state index in [2.05, 4.69) is 0 Å². The molecule has 3 aromatic rings. The van der Waals surface area contributed by atoms with Gasteiger partial charge in [-0.1, -0.05) is 42.5 Å². The van der Waals surface area contributed by atoms with Crippen LogP contribution in [0.1, 0.15) is 27.0 Å². The lowest BCUT2D eigenvalue weighted by Crippen LogP contribution is -2.08. The summed E-state index contributed by atoms with van der Waals surface area (Å²) in [6.45, 7) is 1.48. The molecular weight excluding hydrogens is 379 g/mol. The molecule has 1 N–H and O–H groups in total. The third kappa shape index (κ3) is 4.02. The predicted molar refractivity (Wildman–Crippen MR) is 105 cm³/mol. The van der Waals surface area contributed by atoms with Crippen LogP contribution in [0.5, 0.6) is 0 Å². The highest BCUT2D eigenvalue weighted by Crippen LogP contribution is 2.26. The molecule has 0 radical (unpaired) electrons. The number of rotatable bonds is 5. The Hall–Kier alpha value is -3.25. The van der Waals surface area contributed by atoms with E-state index < -0.39 is 15.8 Å². The van der Waals surface area contributed by atoms with Crippen LogP contribution >= 0.6 is 0 Å². The van der Waals surface area contributed by atoms with Crippen LogP contribution in [0.2, 0.25) is 0 Å². The SMILES string of the molecule is Cc1c(C(=O)O)cccc1S(=O)(=O)c1ccc(/C=C/c2ccc(F)cc2)cc1. The van der Waals surface area contributed by atoms with Crippen LogP contribution in [-0.4, -0.2) is 19.5 Å². The minimum absolute atomic E-state index is 0.0259. The second-order valence-electron chi connectivity index (χ2n) is 6.19. The maximum Gasteiger partial charge on any atom is 0.335 e. The zero-order valence-electron chi connectivity index (χ0n) is 15.0. The van der Waals surface area contributed by atoms with Crippen molar-refractivity contribution in [1.29, 1.82) is 0 Å². The Balaban J connectivity index is 1.89. The molecule has 3 aromatic carbocycles. The lowest BCUT2D eigenvalue weighted by atomic mass is 10.1. The molecule has 6 heteroatoms. The summed E-state index contributed by atoms with van der Waals surface area (Å²) in [4.78, 5) is 11.3. The zero-order valence-corrected chi connectivity index (χ0v) is 15.8. The van der Waals surface area contributed by atoms with E-state index in [-0.39, 0.29) is 26.7 Å². The van der Waals surface area contributed by atoms with Gasteiger partial charge >= 0.3 is 5.97 Å². The Bertz CT molecular complexity index is 1150. The number of benzene rings is 3. The van der Waals surface area contributed by atoms with Gasteiger partial charge in [0.05, 0.1) is 15.4 Å². The smallest absolute Gasteiger partial charge is 0.335 e. The molecule has 0 saturated heterocycles. The molecule has 142 valence electrons. The maximum atomic E-state index is 12.9. The summed E-state index contributed by atoms with van der Waals surface area (Å²) in [5.74, 6) is -1.48. The van der Waals surface area contributed by atoms with Crippen LogP contribution in [0, 0.1) is 12.7 Å². The molecule has 0 fully saturated rings. The fourth-order valence-corrected chi connectivity index (χ4v) is 4.31. The van der Waals surface area contributed by atoms with Gasteiger partial charge in [-0.25, -0.2) is 17.6 Å². The van der Waals surface area contributed by atoms with Crippen LogP contribution in [0.25, 0.3) is 12.2 Å². The van der Waals surface area contributed by atoms with Crippen molar-refractivity contribution in [1.82, 2.24) is 0 Å². The molecule has 0 heterocycles.